The molecule has 0 spiro atoms. The van der Waals surface area contributed by atoms with Crippen LogP contribution in [0, 0.1) is 0 Å². The van der Waals surface area contributed by atoms with E-state index in [9.17, 15) is 18.3 Å². The maximum atomic E-state index is 12.8. The van der Waals surface area contributed by atoms with Gasteiger partial charge in [-0.25, -0.2) is 0 Å². The maximum absolute atomic E-state index is 12.8. The quantitative estimate of drug-likeness (QED) is 0.610. The van der Waals surface area contributed by atoms with Crippen molar-refractivity contribution in [1.29, 1.82) is 0 Å². The van der Waals surface area contributed by atoms with Gasteiger partial charge in [0.1, 0.15) is 12.4 Å². The van der Waals surface area contributed by atoms with E-state index >= 15 is 0 Å². The Morgan fingerprint density at radius 1 is 0.929 bits per heavy atom. The second-order valence-electron chi connectivity index (χ2n) is 6.46. The third kappa shape index (κ3) is 5.57. The van der Waals surface area contributed by atoms with Gasteiger partial charge in [-0.15, -0.1) is 0 Å². The number of alkyl halides is 3. The van der Waals surface area contributed by atoms with E-state index in [0.717, 1.165) is 24.1 Å². The SMILES string of the molecule is OC(CCc1ccncc1)COc1ccc(-c2cccc(C(F)(F)F)c2)cc1. The van der Waals surface area contributed by atoms with Crippen molar-refractivity contribution in [2.75, 3.05) is 6.61 Å². The van der Waals surface area contributed by atoms with Crippen molar-refractivity contribution in [3.05, 3.63) is 84.2 Å². The summed E-state index contributed by atoms with van der Waals surface area (Å²) in [6, 6.07) is 15.8. The molecule has 6 heteroatoms. The molecule has 0 bridgehead atoms. The van der Waals surface area contributed by atoms with Crippen molar-refractivity contribution in [2.45, 2.75) is 25.1 Å². The lowest BCUT2D eigenvalue weighted by Crippen LogP contribution is -2.18. The third-order valence-corrected chi connectivity index (χ3v) is 4.34. The van der Waals surface area contributed by atoms with Crippen LogP contribution < -0.4 is 4.74 Å². The molecule has 0 saturated carbocycles. The Balaban J connectivity index is 1.54. The second kappa shape index (κ2) is 8.89. The molecule has 1 unspecified atom stereocenters. The lowest BCUT2D eigenvalue weighted by molar-refractivity contribution is -0.137. The minimum absolute atomic E-state index is 0.147. The molecule has 0 aliphatic rings. The molecular weight excluding hydrogens is 367 g/mol. The number of rotatable bonds is 7. The molecule has 1 atom stereocenters. The van der Waals surface area contributed by atoms with Crippen LogP contribution in [-0.4, -0.2) is 22.8 Å². The Kier molecular flexibility index (Phi) is 6.31. The zero-order valence-corrected chi connectivity index (χ0v) is 15.1. The predicted molar refractivity (Wildman–Crippen MR) is 101 cm³/mol. The lowest BCUT2D eigenvalue weighted by Gasteiger charge is -2.13. The van der Waals surface area contributed by atoms with Crippen molar-refractivity contribution in [3.8, 4) is 16.9 Å². The summed E-state index contributed by atoms with van der Waals surface area (Å²) in [6.07, 6.45) is -0.274. The highest BCUT2D eigenvalue weighted by Gasteiger charge is 2.30. The van der Waals surface area contributed by atoms with Crippen molar-refractivity contribution in [3.63, 3.8) is 0 Å². The predicted octanol–water partition coefficient (Wildman–Crippen LogP) is 5.14. The zero-order valence-electron chi connectivity index (χ0n) is 15.1. The molecule has 0 aliphatic carbocycles. The molecule has 0 saturated heterocycles. The van der Waals surface area contributed by atoms with Gasteiger partial charge < -0.3 is 9.84 Å². The Morgan fingerprint density at radius 2 is 1.64 bits per heavy atom. The second-order valence-corrected chi connectivity index (χ2v) is 6.46. The summed E-state index contributed by atoms with van der Waals surface area (Å²) in [7, 11) is 0. The fourth-order valence-corrected chi connectivity index (χ4v) is 2.78. The normalized spacial score (nSPS) is 12.6. The van der Waals surface area contributed by atoms with E-state index in [1.807, 2.05) is 12.1 Å². The number of pyridine rings is 1. The summed E-state index contributed by atoms with van der Waals surface area (Å²) in [6.45, 7) is 0.147. The third-order valence-electron chi connectivity index (χ3n) is 4.34. The van der Waals surface area contributed by atoms with Crippen LogP contribution in [0.2, 0.25) is 0 Å². The van der Waals surface area contributed by atoms with Crippen molar-refractivity contribution in [2.24, 2.45) is 0 Å². The summed E-state index contributed by atoms with van der Waals surface area (Å²) in [4.78, 5) is 3.95. The molecule has 0 amide bonds. The van der Waals surface area contributed by atoms with Crippen LogP contribution in [0.5, 0.6) is 5.75 Å². The van der Waals surface area contributed by atoms with E-state index in [-0.39, 0.29) is 6.61 Å². The van der Waals surface area contributed by atoms with Gasteiger partial charge in [-0.1, -0.05) is 24.3 Å². The number of hydrogen-bond donors (Lipinski definition) is 1. The van der Waals surface area contributed by atoms with Crippen molar-refractivity contribution < 1.29 is 23.0 Å². The van der Waals surface area contributed by atoms with Gasteiger partial charge >= 0.3 is 6.18 Å². The number of nitrogens with zero attached hydrogens (tertiary/aromatic N) is 1. The largest absolute Gasteiger partial charge is 0.491 e. The molecule has 28 heavy (non-hydrogen) atoms. The highest BCUT2D eigenvalue weighted by Crippen LogP contribution is 2.32. The Morgan fingerprint density at radius 3 is 2.32 bits per heavy atom. The van der Waals surface area contributed by atoms with E-state index in [0.29, 0.717) is 23.3 Å². The monoisotopic (exact) mass is 387 g/mol. The summed E-state index contributed by atoms with van der Waals surface area (Å²) in [5.74, 6) is 0.554. The van der Waals surface area contributed by atoms with Crippen LogP contribution in [0.4, 0.5) is 13.2 Å². The van der Waals surface area contributed by atoms with Gasteiger partial charge in [0.25, 0.3) is 0 Å². The molecule has 1 N–H and O–H groups in total. The Labute approximate surface area is 161 Å². The first-order chi connectivity index (χ1) is 13.4. The Bertz CT molecular complexity index is 880. The summed E-state index contributed by atoms with van der Waals surface area (Å²) in [5, 5.41) is 10.1. The Hall–Kier alpha value is -2.86. The highest BCUT2D eigenvalue weighted by atomic mass is 19.4. The number of hydrogen-bond acceptors (Lipinski definition) is 3. The molecule has 0 radical (unpaired) electrons. The number of halogens is 3. The number of ether oxygens (including phenoxy) is 1. The molecule has 1 aromatic heterocycles. The van der Waals surface area contributed by atoms with E-state index in [1.165, 1.54) is 6.07 Å². The minimum Gasteiger partial charge on any atom is -0.491 e. The first kappa shape index (κ1) is 19.9. The zero-order chi connectivity index (χ0) is 20.0. The topological polar surface area (TPSA) is 42.4 Å². The minimum atomic E-state index is -4.37. The number of aliphatic hydroxyl groups excluding tert-OH is 1. The van der Waals surface area contributed by atoms with Crippen LogP contribution in [0.1, 0.15) is 17.5 Å². The van der Waals surface area contributed by atoms with Gasteiger partial charge in [0.05, 0.1) is 11.7 Å². The number of aromatic nitrogens is 1. The van der Waals surface area contributed by atoms with E-state index in [1.54, 1.807) is 42.7 Å². The molecule has 0 fully saturated rings. The molecule has 3 rings (SSSR count). The van der Waals surface area contributed by atoms with E-state index in [2.05, 4.69) is 4.98 Å². The summed E-state index contributed by atoms with van der Waals surface area (Å²) < 4.78 is 44.1. The van der Waals surface area contributed by atoms with Gasteiger partial charge in [-0.2, -0.15) is 13.2 Å². The molecule has 146 valence electrons. The first-order valence-corrected chi connectivity index (χ1v) is 8.89. The fourth-order valence-electron chi connectivity index (χ4n) is 2.78. The number of aliphatic hydroxyl groups is 1. The standard InChI is InChI=1S/C22H20F3NO2/c23-22(24,25)19-3-1-2-18(14-19)17-5-8-21(9-6-17)28-15-20(27)7-4-16-10-12-26-13-11-16/h1-3,5-6,8-14,20,27H,4,7,15H2. The van der Waals surface area contributed by atoms with Crippen molar-refractivity contribution in [1.82, 2.24) is 4.98 Å². The van der Waals surface area contributed by atoms with Crippen LogP contribution >= 0.6 is 0 Å². The van der Waals surface area contributed by atoms with Crippen molar-refractivity contribution >= 4 is 0 Å². The molecular formula is C22H20F3NO2. The summed E-state index contributed by atoms with van der Waals surface area (Å²) >= 11 is 0. The van der Waals surface area contributed by atoms with E-state index in [4.69, 9.17) is 4.74 Å². The maximum Gasteiger partial charge on any atom is 0.416 e. The molecule has 3 aromatic rings. The van der Waals surface area contributed by atoms with Gasteiger partial charge in [0.2, 0.25) is 0 Å². The van der Waals surface area contributed by atoms with Gasteiger partial charge in [0, 0.05) is 12.4 Å². The number of aryl methyl sites for hydroxylation is 1. The van der Waals surface area contributed by atoms with Crippen LogP contribution in [0.15, 0.2) is 73.1 Å². The van der Waals surface area contributed by atoms with Crippen LogP contribution in [0.3, 0.4) is 0 Å². The smallest absolute Gasteiger partial charge is 0.416 e. The highest BCUT2D eigenvalue weighted by molar-refractivity contribution is 5.65. The average Bonchev–Trinajstić information content (AvgIpc) is 2.71. The average molecular weight is 387 g/mol. The van der Waals surface area contributed by atoms with E-state index < -0.39 is 17.8 Å². The van der Waals surface area contributed by atoms with Crippen LogP contribution in [-0.2, 0) is 12.6 Å². The lowest BCUT2D eigenvalue weighted by atomic mass is 10.0. The van der Waals surface area contributed by atoms with Gasteiger partial charge in [-0.05, 0) is 65.9 Å². The fraction of sp³-hybridized carbons (Fsp3) is 0.227. The van der Waals surface area contributed by atoms with Crippen LogP contribution in [0.25, 0.3) is 11.1 Å². The van der Waals surface area contributed by atoms with Gasteiger partial charge in [0.15, 0.2) is 0 Å². The molecule has 3 nitrogen and oxygen atoms in total. The number of benzene rings is 2. The first-order valence-electron chi connectivity index (χ1n) is 8.89. The molecule has 1 heterocycles. The van der Waals surface area contributed by atoms with Gasteiger partial charge in [-0.3, -0.25) is 4.98 Å². The summed E-state index contributed by atoms with van der Waals surface area (Å²) in [5.41, 5.74) is 1.57. The molecule has 2 aromatic carbocycles. The molecule has 0 aliphatic heterocycles.